The molecule has 0 aliphatic heterocycles. The van der Waals surface area contributed by atoms with E-state index in [9.17, 15) is 18.8 Å². The largest absolute Gasteiger partial charge is 0.444 e. The van der Waals surface area contributed by atoms with Gasteiger partial charge in [0.1, 0.15) is 41.5 Å². The summed E-state index contributed by atoms with van der Waals surface area (Å²) in [6.07, 6.45) is 3.45. The fraction of sp³-hybridized carbons (Fsp3) is 0.407. The monoisotopic (exact) mass is 510 g/mol. The lowest BCUT2D eigenvalue weighted by Crippen LogP contribution is -2.41. The summed E-state index contributed by atoms with van der Waals surface area (Å²) in [6, 6.07) is 11.9. The van der Waals surface area contributed by atoms with Crippen LogP contribution in [0.1, 0.15) is 52.5 Å². The van der Waals surface area contributed by atoms with Gasteiger partial charge >= 0.3 is 12.1 Å². The van der Waals surface area contributed by atoms with Crippen molar-refractivity contribution in [2.24, 2.45) is 0 Å². The van der Waals surface area contributed by atoms with Crippen LogP contribution in [0.2, 0.25) is 0 Å². The molecule has 1 aliphatic carbocycles. The van der Waals surface area contributed by atoms with Crippen molar-refractivity contribution in [1.29, 1.82) is 0 Å². The fourth-order valence-electron chi connectivity index (χ4n) is 4.33. The second kappa shape index (κ2) is 11.0. The lowest BCUT2D eigenvalue weighted by molar-refractivity contribution is -0.135. The number of amides is 2. The number of rotatable bonds is 7. The zero-order valence-corrected chi connectivity index (χ0v) is 21.2. The Kier molecular flexibility index (Phi) is 7.75. The van der Waals surface area contributed by atoms with E-state index in [2.05, 4.69) is 10.6 Å². The number of carbonyl (C=O) groups excluding carboxylic acids is 3. The number of carbonyl (C=O) groups is 3. The van der Waals surface area contributed by atoms with Crippen molar-refractivity contribution in [3.05, 3.63) is 48.3 Å². The van der Waals surface area contributed by atoms with Gasteiger partial charge < -0.3 is 20.1 Å². The highest BCUT2D eigenvalue weighted by atomic mass is 19.1. The number of fused-ring (bicyclic) bond motifs is 1. The van der Waals surface area contributed by atoms with Gasteiger partial charge in [-0.3, -0.25) is 9.48 Å². The highest BCUT2D eigenvalue weighted by molar-refractivity contribution is 5.94. The molecule has 0 radical (unpaired) electrons. The Morgan fingerprint density at radius 1 is 1.03 bits per heavy atom. The average Bonchev–Trinajstić information content (AvgIpc) is 3.50. The number of halogens is 1. The highest BCUT2D eigenvalue weighted by Crippen LogP contribution is 2.37. The number of alkyl carbamates (subject to hydrolysis) is 1. The standard InChI is InChI=1S/C27H31FN4O5/c1-27(2,3)37-26(35)30-15-22(33)29-16-23(34)36-19-13-11-17(12-14-19)24-20-9-6-10-21(28)25(20)32(31-24)18-7-4-5-8-18/h6,9-14,18H,4-5,7-8,15-16H2,1-3H3,(H,29,33)(H,30,35). The van der Waals surface area contributed by atoms with Crippen molar-refractivity contribution in [3.63, 3.8) is 0 Å². The van der Waals surface area contributed by atoms with Crippen molar-refractivity contribution in [2.75, 3.05) is 13.1 Å². The second-order valence-corrected chi connectivity index (χ2v) is 10.00. The van der Waals surface area contributed by atoms with Crippen molar-refractivity contribution in [1.82, 2.24) is 20.4 Å². The van der Waals surface area contributed by atoms with Crippen LogP contribution in [0.3, 0.4) is 0 Å². The molecule has 1 aromatic heterocycles. The molecule has 1 fully saturated rings. The third kappa shape index (κ3) is 6.63. The second-order valence-electron chi connectivity index (χ2n) is 10.00. The van der Waals surface area contributed by atoms with E-state index in [1.165, 1.54) is 6.07 Å². The van der Waals surface area contributed by atoms with Crippen molar-refractivity contribution < 1.29 is 28.2 Å². The first-order chi connectivity index (χ1) is 17.6. The number of benzene rings is 2. The Labute approximate surface area is 214 Å². The van der Waals surface area contributed by atoms with E-state index >= 15 is 0 Å². The summed E-state index contributed by atoms with van der Waals surface area (Å²) in [5.41, 5.74) is 1.27. The first-order valence-corrected chi connectivity index (χ1v) is 12.3. The minimum absolute atomic E-state index is 0.183. The molecule has 10 heteroatoms. The summed E-state index contributed by atoms with van der Waals surface area (Å²) in [5.74, 6) is -1.23. The van der Waals surface area contributed by atoms with Crippen molar-refractivity contribution >= 4 is 28.9 Å². The number of esters is 1. The Balaban J connectivity index is 1.35. The first-order valence-electron chi connectivity index (χ1n) is 12.3. The smallest absolute Gasteiger partial charge is 0.408 e. The topological polar surface area (TPSA) is 112 Å². The van der Waals surface area contributed by atoms with E-state index < -0.39 is 23.6 Å². The van der Waals surface area contributed by atoms with Gasteiger partial charge in [-0.2, -0.15) is 5.10 Å². The molecular weight excluding hydrogens is 479 g/mol. The number of para-hydroxylation sites is 1. The van der Waals surface area contributed by atoms with E-state index in [1.807, 2.05) is 10.7 Å². The Morgan fingerprint density at radius 3 is 2.41 bits per heavy atom. The molecule has 0 saturated heterocycles. The predicted molar refractivity (Wildman–Crippen MR) is 136 cm³/mol. The maximum Gasteiger partial charge on any atom is 0.408 e. The summed E-state index contributed by atoms with van der Waals surface area (Å²) < 4.78 is 26.9. The van der Waals surface area contributed by atoms with Crippen LogP contribution in [0.25, 0.3) is 22.2 Å². The van der Waals surface area contributed by atoms with E-state index in [-0.39, 0.29) is 24.9 Å². The molecule has 9 nitrogen and oxygen atoms in total. The molecule has 2 aromatic carbocycles. The van der Waals surface area contributed by atoms with E-state index in [4.69, 9.17) is 14.6 Å². The van der Waals surface area contributed by atoms with Crippen molar-refractivity contribution in [2.45, 2.75) is 58.1 Å². The summed E-state index contributed by atoms with van der Waals surface area (Å²) in [5, 5.41) is 10.2. The molecule has 1 aliphatic rings. The van der Waals surface area contributed by atoms with E-state index in [1.54, 1.807) is 51.1 Å². The van der Waals surface area contributed by atoms with Crippen LogP contribution in [0, 0.1) is 5.82 Å². The van der Waals surface area contributed by atoms with E-state index in [0.29, 0.717) is 17.0 Å². The number of aromatic nitrogens is 2. The average molecular weight is 511 g/mol. The maximum absolute atomic E-state index is 14.7. The quantitative estimate of drug-likeness (QED) is 0.358. The maximum atomic E-state index is 14.7. The molecule has 4 rings (SSSR count). The zero-order chi connectivity index (χ0) is 26.6. The van der Waals surface area contributed by atoms with Gasteiger partial charge in [0.25, 0.3) is 0 Å². The van der Waals surface area contributed by atoms with E-state index in [0.717, 1.165) is 36.6 Å². The Bertz CT molecular complexity index is 1290. The van der Waals surface area contributed by atoms with Gasteiger partial charge in [0.05, 0.1) is 6.04 Å². The van der Waals surface area contributed by atoms with Gasteiger partial charge in [-0.15, -0.1) is 0 Å². The lowest BCUT2D eigenvalue weighted by atomic mass is 10.1. The van der Waals surface area contributed by atoms with Crippen LogP contribution in [0.4, 0.5) is 9.18 Å². The van der Waals surface area contributed by atoms with Crippen LogP contribution >= 0.6 is 0 Å². The summed E-state index contributed by atoms with van der Waals surface area (Å²) in [6.45, 7) is 4.42. The van der Waals surface area contributed by atoms with Gasteiger partial charge in [0.15, 0.2) is 0 Å². The highest BCUT2D eigenvalue weighted by Gasteiger charge is 2.24. The van der Waals surface area contributed by atoms with Gasteiger partial charge in [0, 0.05) is 10.9 Å². The summed E-state index contributed by atoms with van der Waals surface area (Å²) in [4.78, 5) is 35.6. The molecule has 0 atom stereocenters. The lowest BCUT2D eigenvalue weighted by Gasteiger charge is -2.19. The SMILES string of the molecule is CC(C)(C)OC(=O)NCC(=O)NCC(=O)Oc1ccc(-c2nn(C3CCCC3)c3c(F)cccc23)cc1. The Hall–Kier alpha value is -3.95. The molecular formula is C27H31FN4O5. The minimum Gasteiger partial charge on any atom is -0.444 e. The number of ether oxygens (including phenoxy) is 2. The zero-order valence-electron chi connectivity index (χ0n) is 21.2. The molecule has 37 heavy (non-hydrogen) atoms. The van der Waals surface area contributed by atoms with Crippen LogP contribution < -0.4 is 15.4 Å². The number of nitrogens with zero attached hydrogens (tertiary/aromatic N) is 2. The first kappa shape index (κ1) is 26.1. The summed E-state index contributed by atoms with van der Waals surface area (Å²) >= 11 is 0. The van der Waals surface area contributed by atoms with Gasteiger partial charge in [-0.1, -0.05) is 25.0 Å². The minimum atomic E-state index is -0.728. The van der Waals surface area contributed by atoms with Gasteiger partial charge in [-0.25, -0.2) is 14.0 Å². The van der Waals surface area contributed by atoms with Crippen LogP contribution in [0.5, 0.6) is 5.75 Å². The molecule has 1 heterocycles. The molecule has 196 valence electrons. The molecule has 0 unspecified atom stereocenters. The third-order valence-corrected chi connectivity index (χ3v) is 5.93. The normalized spacial score (nSPS) is 13.9. The van der Waals surface area contributed by atoms with Crippen LogP contribution in [0.15, 0.2) is 42.5 Å². The van der Waals surface area contributed by atoms with Crippen LogP contribution in [-0.4, -0.2) is 46.4 Å². The molecule has 3 aromatic rings. The summed E-state index contributed by atoms with van der Waals surface area (Å²) in [7, 11) is 0. The number of nitrogens with one attached hydrogen (secondary N) is 2. The van der Waals surface area contributed by atoms with Crippen molar-refractivity contribution in [3.8, 4) is 17.0 Å². The molecule has 1 saturated carbocycles. The number of hydrogen-bond donors (Lipinski definition) is 2. The molecule has 0 spiro atoms. The molecule has 0 bridgehead atoms. The van der Waals surface area contributed by atoms with Gasteiger partial charge in [0.2, 0.25) is 5.91 Å². The predicted octanol–water partition coefficient (Wildman–Crippen LogP) is 4.50. The molecule has 2 N–H and O–H groups in total. The fourth-order valence-corrected chi connectivity index (χ4v) is 4.33. The van der Waals surface area contributed by atoms with Gasteiger partial charge in [-0.05, 0) is 63.9 Å². The third-order valence-electron chi connectivity index (χ3n) is 5.93. The Morgan fingerprint density at radius 2 is 1.73 bits per heavy atom. The number of hydrogen-bond acceptors (Lipinski definition) is 6. The van der Waals surface area contributed by atoms with Crippen LogP contribution in [-0.2, 0) is 14.3 Å². The molecule has 2 amide bonds.